The van der Waals surface area contributed by atoms with Crippen LogP contribution >= 0.6 is 15.9 Å². The Hall–Kier alpha value is -1.19. The number of rotatable bonds is 5. The molecule has 0 amide bonds. The van der Waals surface area contributed by atoms with Crippen LogP contribution in [-0.2, 0) is 17.8 Å². The number of halogens is 1. The summed E-state index contributed by atoms with van der Waals surface area (Å²) >= 11 is 3.44. The molecule has 17 heavy (non-hydrogen) atoms. The van der Waals surface area contributed by atoms with Crippen LogP contribution in [0.15, 0.2) is 53.1 Å². The molecule has 0 unspecified atom stereocenters. The second-order valence-corrected chi connectivity index (χ2v) is 4.67. The van der Waals surface area contributed by atoms with Crippen LogP contribution in [0.4, 0.5) is 0 Å². The van der Waals surface area contributed by atoms with Crippen LogP contribution in [0.25, 0.3) is 0 Å². The average Bonchev–Trinajstić information content (AvgIpc) is 2.36. The first-order chi connectivity index (χ1) is 8.34. The molecule has 0 saturated carbocycles. The van der Waals surface area contributed by atoms with Gasteiger partial charge in [-0.25, -0.2) is 0 Å². The zero-order chi connectivity index (χ0) is 11.9. The fraction of sp³-hybridized carbons (Fsp3) is 0.214. The molecule has 0 saturated heterocycles. The SMILES string of the molecule is Brc1cccc(COCCc2ccccn2)c1. The van der Waals surface area contributed by atoms with E-state index in [0.717, 1.165) is 16.6 Å². The van der Waals surface area contributed by atoms with Gasteiger partial charge >= 0.3 is 0 Å². The van der Waals surface area contributed by atoms with Crippen molar-refractivity contribution in [3.8, 4) is 0 Å². The summed E-state index contributed by atoms with van der Waals surface area (Å²) in [6.45, 7) is 1.34. The first-order valence-corrected chi connectivity index (χ1v) is 6.36. The Kier molecular flexibility index (Phi) is 4.71. The minimum Gasteiger partial charge on any atom is -0.376 e. The largest absolute Gasteiger partial charge is 0.376 e. The third-order valence-corrected chi connectivity index (χ3v) is 2.88. The molecule has 0 bridgehead atoms. The van der Waals surface area contributed by atoms with Gasteiger partial charge in [0.1, 0.15) is 0 Å². The zero-order valence-electron chi connectivity index (χ0n) is 9.47. The molecule has 0 radical (unpaired) electrons. The monoisotopic (exact) mass is 291 g/mol. The molecule has 3 heteroatoms. The van der Waals surface area contributed by atoms with Crippen LogP contribution in [0.3, 0.4) is 0 Å². The highest BCUT2D eigenvalue weighted by Crippen LogP contribution is 2.12. The Balaban J connectivity index is 1.73. The Bertz CT molecular complexity index is 459. The maximum Gasteiger partial charge on any atom is 0.0717 e. The third kappa shape index (κ3) is 4.29. The summed E-state index contributed by atoms with van der Waals surface area (Å²) in [6, 6.07) is 14.1. The van der Waals surface area contributed by atoms with Gasteiger partial charge in [0.2, 0.25) is 0 Å². The number of benzene rings is 1. The number of hydrogen-bond donors (Lipinski definition) is 0. The summed E-state index contributed by atoms with van der Waals surface area (Å²) in [5.74, 6) is 0. The van der Waals surface area contributed by atoms with E-state index in [0.29, 0.717) is 13.2 Å². The van der Waals surface area contributed by atoms with Crippen molar-refractivity contribution in [1.82, 2.24) is 4.98 Å². The lowest BCUT2D eigenvalue weighted by Crippen LogP contribution is -2.00. The van der Waals surface area contributed by atoms with Crippen molar-refractivity contribution in [3.63, 3.8) is 0 Å². The molecule has 1 aromatic carbocycles. The lowest BCUT2D eigenvalue weighted by Gasteiger charge is -2.04. The Morgan fingerprint density at radius 1 is 1.12 bits per heavy atom. The molecule has 1 heterocycles. The van der Waals surface area contributed by atoms with E-state index >= 15 is 0 Å². The minimum atomic E-state index is 0.645. The maximum absolute atomic E-state index is 5.62. The molecule has 0 aliphatic carbocycles. The van der Waals surface area contributed by atoms with Gasteiger partial charge < -0.3 is 4.74 Å². The maximum atomic E-state index is 5.62. The van der Waals surface area contributed by atoms with Gasteiger partial charge in [0.05, 0.1) is 13.2 Å². The lowest BCUT2D eigenvalue weighted by molar-refractivity contribution is 0.123. The third-order valence-electron chi connectivity index (χ3n) is 2.39. The summed E-state index contributed by atoms with van der Waals surface area (Å²) in [4.78, 5) is 4.25. The van der Waals surface area contributed by atoms with Gasteiger partial charge in [0.25, 0.3) is 0 Å². The molecular formula is C14H14BrNO. The van der Waals surface area contributed by atoms with E-state index in [2.05, 4.69) is 33.0 Å². The molecule has 0 aliphatic heterocycles. The van der Waals surface area contributed by atoms with E-state index in [-0.39, 0.29) is 0 Å². The fourth-order valence-corrected chi connectivity index (χ4v) is 1.99. The van der Waals surface area contributed by atoms with Crippen LogP contribution in [0.5, 0.6) is 0 Å². The van der Waals surface area contributed by atoms with Crippen LogP contribution in [-0.4, -0.2) is 11.6 Å². The smallest absolute Gasteiger partial charge is 0.0717 e. The first kappa shape index (κ1) is 12.3. The normalized spacial score (nSPS) is 10.4. The lowest BCUT2D eigenvalue weighted by atomic mass is 10.2. The zero-order valence-corrected chi connectivity index (χ0v) is 11.1. The quantitative estimate of drug-likeness (QED) is 0.785. The van der Waals surface area contributed by atoms with E-state index in [1.807, 2.05) is 36.5 Å². The molecule has 88 valence electrons. The van der Waals surface area contributed by atoms with Crippen molar-refractivity contribution < 1.29 is 4.74 Å². The molecule has 1 aromatic heterocycles. The van der Waals surface area contributed by atoms with Gasteiger partial charge in [-0.05, 0) is 29.8 Å². The van der Waals surface area contributed by atoms with E-state index in [9.17, 15) is 0 Å². The van der Waals surface area contributed by atoms with Crippen LogP contribution < -0.4 is 0 Å². The highest BCUT2D eigenvalue weighted by molar-refractivity contribution is 9.10. The van der Waals surface area contributed by atoms with Crippen LogP contribution in [0, 0.1) is 0 Å². The van der Waals surface area contributed by atoms with E-state index in [4.69, 9.17) is 4.74 Å². The van der Waals surface area contributed by atoms with Crippen molar-refractivity contribution in [2.75, 3.05) is 6.61 Å². The van der Waals surface area contributed by atoms with Gasteiger partial charge in [0, 0.05) is 22.8 Å². The van der Waals surface area contributed by atoms with Crippen LogP contribution in [0.1, 0.15) is 11.3 Å². The summed E-state index contributed by atoms with van der Waals surface area (Å²) < 4.78 is 6.70. The van der Waals surface area contributed by atoms with Gasteiger partial charge in [-0.1, -0.05) is 34.1 Å². The number of nitrogens with zero attached hydrogens (tertiary/aromatic N) is 1. The molecular weight excluding hydrogens is 278 g/mol. The Labute approximate surface area is 110 Å². The van der Waals surface area contributed by atoms with E-state index in [1.165, 1.54) is 5.56 Å². The Morgan fingerprint density at radius 2 is 2.06 bits per heavy atom. The fourth-order valence-electron chi connectivity index (χ4n) is 1.54. The Morgan fingerprint density at radius 3 is 2.82 bits per heavy atom. The molecule has 0 N–H and O–H groups in total. The first-order valence-electron chi connectivity index (χ1n) is 5.57. The molecule has 0 spiro atoms. The number of pyridine rings is 1. The van der Waals surface area contributed by atoms with Gasteiger partial charge in [-0.2, -0.15) is 0 Å². The van der Waals surface area contributed by atoms with Crippen molar-refractivity contribution in [1.29, 1.82) is 0 Å². The van der Waals surface area contributed by atoms with Gasteiger partial charge in [0.15, 0.2) is 0 Å². The second kappa shape index (κ2) is 6.52. The average molecular weight is 292 g/mol. The molecule has 2 aromatic rings. The predicted octanol–water partition coefficient (Wildman–Crippen LogP) is 3.60. The van der Waals surface area contributed by atoms with Crippen molar-refractivity contribution >= 4 is 15.9 Å². The summed E-state index contributed by atoms with van der Waals surface area (Å²) in [7, 11) is 0. The highest BCUT2D eigenvalue weighted by atomic mass is 79.9. The van der Waals surface area contributed by atoms with E-state index < -0.39 is 0 Å². The summed E-state index contributed by atoms with van der Waals surface area (Å²) in [5, 5.41) is 0. The number of ether oxygens (including phenoxy) is 1. The van der Waals surface area contributed by atoms with Crippen molar-refractivity contribution in [3.05, 3.63) is 64.4 Å². The summed E-state index contributed by atoms with van der Waals surface area (Å²) in [6.07, 6.45) is 2.67. The van der Waals surface area contributed by atoms with Crippen LogP contribution in [0.2, 0.25) is 0 Å². The van der Waals surface area contributed by atoms with Gasteiger partial charge in [-0.15, -0.1) is 0 Å². The molecule has 0 aliphatic rings. The molecule has 0 atom stereocenters. The second-order valence-electron chi connectivity index (χ2n) is 3.75. The number of hydrogen-bond acceptors (Lipinski definition) is 2. The van der Waals surface area contributed by atoms with Crippen molar-refractivity contribution in [2.45, 2.75) is 13.0 Å². The standard InChI is InChI=1S/C14H14BrNO/c15-13-5-3-4-12(10-13)11-17-9-7-14-6-1-2-8-16-14/h1-6,8,10H,7,9,11H2. The topological polar surface area (TPSA) is 22.1 Å². The predicted molar refractivity (Wildman–Crippen MR) is 71.7 cm³/mol. The van der Waals surface area contributed by atoms with E-state index in [1.54, 1.807) is 0 Å². The highest BCUT2D eigenvalue weighted by Gasteiger charge is 1.96. The van der Waals surface area contributed by atoms with Gasteiger partial charge in [-0.3, -0.25) is 4.98 Å². The molecule has 0 fully saturated rings. The summed E-state index contributed by atoms with van der Waals surface area (Å²) in [5.41, 5.74) is 2.25. The van der Waals surface area contributed by atoms with Crippen molar-refractivity contribution in [2.24, 2.45) is 0 Å². The molecule has 2 rings (SSSR count). The number of aromatic nitrogens is 1. The minimum absolute atomic E-state index is 0.645. The molecule has 2 nitrogen and oxygen atoms in total.